The second kappa shape index (κ2) is 6.23. The van der Waals surface area contributed by atoms with Crippen LogP contribution in [0.5, 0.6) is 0 Å². The zero-order valence-corrected chi connectivity index (χ0v) is 13.1. The first-order chi connectivity index (χ1) is 9.01. The van der Waals surface area contributed by atoms with Gasteiger partial charge in [0.15, 0.2) is 0 Å². The lowest BCUT2D eigenvalue weighted by Crippen LogP contribution is -2.36. The number of H-pyrrole nitrogens is 1. The molecule has 0 aromatic carbocycles. The molecule has 19 heavy (non-hydrogen) atoms. The van der Waals surface area contributed by atoms with Gasteiger partial charge in [0.05, 0.1) is 0 Å². The smallest absolute Gasteiger partial charge is 0.304 e. The molecule has 0 atom stereocenters. The molecule has 0 unspecified atom stereocenters. The topological polar surface area (TPSA) is 44.9 Å². The van der Waals surface area contributed by atoms with E-state index in [1.165, 1.54) is 43.4 Å². The molecule has 1 aromatic rings. The second-order valence-corrected chi connectivity index (χ2v) is 7.29. The van der Waals surface area contributed by atoms with Crippen LogP contribution in [0, 0.1) is 11.3 Å². The normalized spacial score (nSPS) is 24.6. The van der Waals surface area contributed by atoms with Gasteiger partial charge in [0.1, 0.15) is 0 Å². The summed E-state index contributed by atoms with van der Waals surface area (Å²) in [6.45, 7) is 7.91. The Labute approximate surface area is 119 Å². The summed E-state index contributed by atoms with van der Waals surface area (Å²) in [5, 5.41) is 5.50. The van der Waals surface area contributed by atoms with Gasteiger partial charge in [-0.1, -0.05) is 38.5 Å². The van der Waals surface area contributed by atoms with Crippen LogP contribution in [0.2, 0.25) is 0 Å². The van der Waals surface area contributed by atoms with E-state index in [1.807, 2.05) is 5.38 Å². The van der Waals surface area contributed by atoms with Crippen LogP contribution < -0.4 is 10.2 Å². The standard InChI is InChI=1S/C15H26N2OS/c1-4-15(2,3)11-5-7-12(8-6-11)16-9-13-10-19-14(18)17-13/h10-12,16H,4-9H2,1-3H3,(H,17,18). The molecule has 1 aromatic heterocycles. The van der Waals surface area contributed by atoms with Crippen molar-refractivity contribution in [3.63, 3.8) is 0 Å². The summed E-state index contributed by atoms with van der Waals surface area (Å²) in [5.41, 5.74) is 1.51. The fourth-order valence-electron chi connectivity index (χ4n) is 3.02. The molecular formula is C15H26N2OS. The maximum atomic E-state index is 11.1. The van der Waals surface area contributed by atoms with Gasteiger partial charge < -0.3 is 10.3 Å². The maximum Gasteiger partial charge on any atom is 0.304 e. The van der Waals surface area contributed by atoms with Crippen LogP contribution in [0.1, 0.15) is 58.6 Å². The number of hydrogen-bond donors (Lipinski definition) is 2. The van der Waals surface area contributed by atoms with Gasteiger partial charge in [0, 0.05) is 23.7 Å². The average molecular weight is 282 g/mol. The zero-order chi connectivity index (χ0) is 13.9. The van der Waals surface area contributed by atoms with Crippen molar-refractivity contribution < 1.29 is 0 Å². The molecule has 0 spiro atoms. The molecule has 2 rings (SSSR count). The Morgan fingerprint density at radius 3 is 2.58 bits per heavy atom. The largest absolute Gasteiger partial charge is 0.315 e. The molecule has 0 aliphatic heterocycles. The van der Waals surface area contributed by atoms with Gasteiger partial charge in [0.2, 0.25) is 0 Å². The van der Waals surface area contributed by atoms with Gasteiger partial charge in [-0.15, -0.1) is 0 Å². The predicted octanol–water partition coefficient (Wildman–Crippen LogP) is 3.52. The van der Waals surface area contributed by atoms with Crippen LogP contribution in [0.15, 0.2) is 10.2 Å². The summed E-state index contributed by atoms with van der Waals surface area (Å²) in [4.78, 5) is 14.0. The highest BCUT2D eigenvalue weighted by atomic mass is 32.1. The second-order valence-electron chi connectivity index (χ2n) is 6.44. The number of nitrogens with one attached hydrogen (secondary N) is 2. The number of thiazole rings is 1. The van der Waals surface area contributed by atoms with E-state index >= 15 is 0 Å². The van der Waals surface area contributed by atoms with Crippen molar-refractivity contribution in [2.24, 2.45) is 11.3 Å². The Morgan fingerprint density at radius 1 is 1.37 bits per heavy atom. The molecule has 1 fully saturated rings. The quantitative estimate of drug-likeness (QED) is 0.868. The minimum Gasteiger partial charge on any atom is -0.315 e. The number of hydrogen-bond acceptors (Lipinski definition) is 3. The maximum absolute atomic E-state index is 11.1. The van der Waals surface area contributed by atoms with Crippen LogP contribution in [-0.2, 0) is 6.54 Å². The van der Waals surface area contributed by atoms with Crippen molar-refractivity contribution in [1.29, 1.82) is 0 Å². The molecule has 108 valence electrons. The van der Waals surface area contributed by atoms with E-state index in [1.54, 1.807) is 0 Å². The molecule has 1 aliphatic carbocycles. The summed E-state index contributed by atoms with van der Waals surface area (Å²) in [7, 11) is 0. The van der Waals surface area contributed by atoms with Crippen molar-refractivity contribution in [2.75, 3.05) is 0 Å². The molecular weight excluding hydrogens is 256 g/mol. The molecule has 0 radical (unpaired) electrons. The minimum atomic E-state index is 0.0465. The summed E-state index contributed by atoms with van der Waals surface area (Å²) >= 11 is 1.25. The van der Waals surface area contributed by atoms with E-state index in [4.69, 9.17) is 0 Å². The molecule has 0 saturated heterocycles. The number of aromatic amines is 1. The summed E-state index contributed by atoms with van der Waals surface area (Å²) in [5.74, 6) is 0.872. The molecule has 1 heterocycles. The van der Waals surface area contributed by atoms with E-state index in [-0.39, 0.29) is 4.87 Å². The lowest BCUT2D eigenvalue weighted by atomic mass is 9.69. The third kappa shape index (κ3) is 3.93. The lowest BCUT2D eigenvalue weighted by molar-refractivity contribution is 0.136. The van der Waals surface area contributed by atoms with Gasteiger partial charge in [-0.05, 0) is 37.0 Å². The van der Waals surface area contributed by atoms with Crippen LogP contribution in [0.25, 0.3) is 0 Å². The minimum absolute atomic E-state index is 0.0465. The Bertz CT molecular complexity index is 441. The SMILES string of the molecule is CCC(C)(C)C1CCC(NCc2csc(=O)[nH]2)CC1. The molecule has 0 amide bonds. The molecule has 1 saturated carbocycles. The summed E-state index contributed by atoms with van der Waals surface area (Å²) < 4.78 is 0. The lowest BCUT2D eigenvalue weighted by Gasteiger charge is -2.39. The van der Waals surface area contributed by atoms with Gasteiger partial charge in [0.25, 0.3) is 0 Å². The van der Waals surface area contributed by atoms with Crippen LogP contribution in [0.3, 0.4) is 0 Å². The van der Waals surface area contributed by atoms with Gasteiger partial charge >= 0.3 is 4.87 Å². The first-order valence-corrected chi connectivity index (χ1v) is 8.29. The van der Waals surface area contributed by atoms with Crippen LogP contribution in [0.4, 0.5) is 0 Å². The van der Waals surface area contributed by atoms with E-state index in [9.17, 15) is 4.79 Å². The fraction of sp³-hybridized carbons (Fsp3) is 0.800. The first kappa shape index (κ1) is 14.8. The van der Waals surface area contributed by atoms with Crippen molar-refractivity contribution >= 4 is 11.3 Å². The summed E-state index contributed by atoms with van der Waals surface area (Å²) in [6.07, 6.45) is 6.47. The number of rotatable bonds is 5. The summed E-state index contributed by atoms with van der Waals surface area (Å²) in [6, 6.07) is 0.618. The Kier molecular flexibility index (Phi) is 4.85. The highest BCUT2D eigenvalue weighted by Crippen LogP contribution is 2.40. The van der Waals surface area contributed by atoms with Crippen LogP contribution >= 0.6 is 11.3 Å². The monoisotopic (exact) mass is 282 g/mol. The Balaban J connectivity index is 1.76. The molecule has 0 bridgehead atoms. The fourth-order valence-corrected chi connectivity index (χ4v) is 3.60. The highest BCUT2D eigenvalue weighted by Gasteiger charge is 2.31. The van der Waals surface area contributed by atoms with Gasteiger partial charge in [-0.25, -0.2) is 0 Å². The van der Waals surface area contributed by atoms with Gasteiger partial charge in [-0.2, -0.15) is 0 Å². The first-order valence-electron chi connectivity index (χ1n) is 7.41. The zero-order valence-electron chi connectivity index (χ0n) is 12.3. The van der Waals surface area contributed by atoms with Crippen molar-refractivity contribution in [3.8, 4) is 0 Å². The van der Waals surface area contributed by atoms with E-state index < -0.39 is 0 Å². The molecule has 1 aliphatic rings. The molecule has 2 N–H and O–H groups in total. The third-order valence-corrected chi connectivity index (χ3v) is 5.61. The van der Waals surface area contributed by atoms with Crippen molar-refractivity contribution in [3.05, 3.63) is 20.7 Å². The van der Waals surface area contributed by atoms with Gasteiger partial charge in [-0.3, -0.25) is 4.79 Å². The number of aromatic nitrogens is 1. The molecule has 3 nitrogen and oxygen atoms in total. The van der Waals surface area contributed by atoms with E-state index in [0.29, 0.717) is 11.5 Å². The predicted molar refractivity (Wildman–Crippen MR) is 81.6 cm³/mol. The highest BCUT2D eigenvalue weighted by molar-refractivity contribution is 7.07. The third-order valence-electron chi connectivity index (χ3n) is 4.90. The Hall–Kier alpha value is -0.610. The Morgan fingerprint density at radius 2 is 2.05 bits per heavy atom. The average Bonchev–Trinajstić information content (AvgIpc) is 2.83. The molecule has 4 heteroatoms. The van der Waals surface area contributed by atoms with Crippen molar-refractivity contribution in [2.45, 2.75) is 65.5 Å². The van der Waals surface area contributed by atoms with Crippen LogP contribution in [-0.4, -0.2) is 11.0 Å². The van der Waals surface area contributed by atoms with E-state index in [2.05, 4.69) is 31.1 Å². The van der Waals surface area contributed by atoms with E-state index in [0.717, 1.165) is 18.2 Å². The van der Waals surface area contributed by atoms with Crippen molar-refractivity contribution in [1.82, 2.24) is 10.3 Å².